The zero-order valence-corrected chi connectivity index (χ0v) is 4.66. The molecule has 2 N–H and O–H groups in total. The summed E-state index contributed by atoms with van der Waals surface area (Å²) in [4.78, 5) is 0. The van der Waals surface area contributed by atoms with Gasteiger partial charge in [0, 0.05) is 0 Å². The van der Waals surface area contributed by atoms with Gasteiger partial charge in [0.15, 0.2) is 6.30 Å². The standard InChI is InChI=1S/C4H11FN2/c1-3-4(5)7-6-2/h4,6-7H,3H2,1-2H3/t4-/m1/s1. The van der Waals surface area contributed by atoms with Crippen molar-refractivity contribution < 1.29 is 4.39 Å². The molecule has 0 aromatic carbocycles. The SMILES string of the molecule is CC[C@H](F)NNC. The summed E-state index contributed by atoms with van der Waals surface area (Å²) in [7, 11) is 1.64. The monoisotopic (exact) mass is 106 g/mol. The van der Waals surface area contributed by atoms with Gasteiger partial charge in [-0.1, -0.05) is 6.92 Å². The van der Waals surface area contributed by atoms with Crippen LogP contribution < -0.4 is 10.9 Å². The van der Waals surface area contributed by atoms with Crippen molar-refractivity contribution >= 4 is 0 Å². The van der Waals surface area contributed by atoms with E-state index in [4.69, 9.17) is 0 Å². The van der Waals surface area contributed by atoms with E-state index >= 15 is 0 Å². The van der Waals surface area contributed by atoms with E-state index in [0.717, 1.165) is 0 Å². The summed E-state index contributed by atoms with van der Waals surface area (Å²) in [5, 5.41) is 0. The maximum Gasteiger partial charge on any atom is 0.163 e. The molecule has 3 heteroatoms. The van der Waals surface area contributed by atoms with E-state index in [1.54, 1.807) is 14.0 Å². The molecular weight excluding hydrogens is 95.1 g/mol. The van der Waals surface area contributed by atoms with Crippen LogP contribution in [-0.2, 0) is 0 Å². The largest absolute Gasteiger partial charge is 0.258 e. The van der Waals surface area contributed by atoms with Gasteiger partial charge in [0.2, 0.25) is 0 Å². The molecule has 0 amide bonds. The highest BCUT2D eigenvalue weighted by molar-refractivity contribution is 4.40. The third-order valence-electron chi connectivity index (χ3n) is 0.659. The van der Waals surface area contributed by atoms with Crippen LogP contribution in [0.3, 0.4) is 0 Å². The van der Waals surface area contributed by atoms with Crippen molar-refractivity contribution in [2.24, 2.45) is 0 Å². The van der Waals surface area contributed by atoms with Crippen molar-refractivity contribution in [2.45, 2.75) is 19.6 Å². The van der Waals surface area contributed by atoms with Crippen LogP contribution in [0.25, 0.3) is 0 Å². The van der Waals surface area contributed by atoms with Crippen molar-refractivity contribution in [1.29, 1.82) is 0 Å². The lowest BCUT2D eigenvalue weighted by Crippen LogP contribution is -2.34. The van der Waals surface area contributed by atoms with Crippen molar-refractivity contribution in [2.75, 3.05) is 7.05 Å². The predicted molar refractivity (Wildman–Crippen MR) is 27.4 cm³/mol. The van der Waals surface area contributed by atoms with Gasteiger partial charge in [-0.25, -0.2) is 9.82 Å². The highest BCUT2D eigenvalue weighted by Gasteiger charge is 1.95. The average molecular weight is 106 g/mol. The van der Waals surface area contributed by atoms with Gasteiger partial charge in [0.05, 0.1) is 0 Å². The van der Waals surface area contributed by atoms with E-state index in [-0.39, 0.29) is 0 Å². The lowest BCUT2D eigenvalue weighted by molar-refractivity contribution is 0.244. The Balaban J connectivity index is 2.83. The summed E-state index contributed by atoms with van der Waals surface area (Å²) in [6, 6.07) is 0. The molecular formula is C4H11FN2. The fraction of sp³-hybridized carbons (Fsp3) is 1.00. The lowest BCUT2D eigenvalue weighted by Gasteiger charge is -2.03. The van der Waals surface area contributed by atoms with Crippen molar-refractivity contribution in [3.63, 3.8) is 0 Å². The number of hydrogen-bond acceptors (Lipinski definition) is 2. The molecule has 1 atom stereocenters. The number of halogens is 1. The van der Waals surface area contributed by atoms with Crippen molar-refractivity contribution in [3.05, 3.63) is 0 Å². The van der Waals surface area contributed by atoms with Gasteiger partial charge in [-0.3, -0.25) is 5.43 Å². The second-order valence-electron chi connectivity index (χ2n) is 1.27. The molecule has 0 aromatic heterocycles. The maximum atomic E-state index is 12.0. The minimum Gasteiger partial charge on any atom is -0.258 e. The van der Waals surface area contributed by atoms with E-state index in [9.17, 15) is 4.39 Å². The van der Waals surface area contributed by atoms with Gasteiger partial charge < -0.3 is 0 Å². The van der Waals surface area contributed by atoms with E-state index in [1.807, 2.05) is 0 Å². The molecule has 0 unspecified atom stereocenters. The van der Waals surface area contributed by atoms with E-state index in [2.05, 4.69) is 10.9 Å². The zero-order chi connectivity index (χ0) is 5.70. The molecule has 0 saturated carbocycles. The Bertz CT molecular complexity index is 40.7. The molecule has 44 valence electrons. The quantitative estimate of drug-likeness (QED) is 0.402. The molecule has 0 radical (unpaired) electrons. The van der Waals surface area contributed by atoms with Gasteiger partial charge >= 0.3 is 0 Å². The molecule has 0 heterocycles. The second kappa shape index (κ2) is 4.02. The first kappa shape index (κ1) is 6.85. The van der Waals surface area contributed by atoms with Crippen LogP contribution in [-0.4, -0.2) is 13.3 Å². The average Bonchev–Trinajstić information content (AvgIpc) is 1.68. The van der Waals surface area contributed by atoms with Gasteiger partial charge in [-0.2, -0.15) is 0 Å². The Morgan fingerprint density at radius 2 is 2.29 bits per heavy atom. The molecule has 0 aliphatic carbocycles. The summed E-state index contributed by atoms with van der Waals surface area (Å²) < 4.78 is 12.0. The number of hydrogen-bond donors (Lipinski definition) is 2. The Kier molecular flexibility index (Phi) is 3.93. The van der Waals surface area contributed by atoms with Crippen LogP contribution in [0.4, 0.5) is 4.39 Å². The third-order valence-corrected chi connectivity index (χ3v) is 0.659. The van der Waals surface area contributed by atoms with Crippen molar-refractivity contribution in [3.8, 4) is 0 Å². The van der Waals surface area contributed by atoms with E-state index in [1.165, 1.54) is 0 Å². The summed E-state index contributed by atoms with van der Waals surface area (Å²) in [5.41, 5.74) is 4.87. The normalized spacial score (nSPS) is 14.1. The molecule has 0 aliphatic rings. The van der Waals surface area contributed by atoms with Gasteiger partial charge in [0.25, 0.3) is 0 Å². The first-order chi connectivity index (χ1) is 3.31. The highest BCUT2D eigenvalue weighted by Crippen LogP contribution is 1.86. The molecule has 0 saturated heterocycles. The molecule has 7 heavy (non-hydrogen) atoms. The number of rotatable bonds is 3. The third kappa shape index (κ3) is 3.69. The van der Waals surface area contributed by atoms with E-state index < -0.39 is 6.30 Å². The lowest BCUT2D eigenvalue weighted by atomic mass is 10.5. The minimum absolute atomic E-state index is 0.501. The predicted octanol–water partition coefficient (Wildman–Crippen LogP) is 0.416. The van der Waals surface area contributed by atoms with Crippen LogP contribution >= 0.6 is 0 Å². The van der Waals surface area contributed by atoms with Crippen molar-refractivity contribution in [1.82, 2.24) is 10.9 Å². The van der Waals surface area contributed by atoms with Gasteiger partial charge in [-0.05, 0) is 13.5 Å². The Hall–Kier alpha value is -0.150. The summed E-state index contributed by atoms with van der Waals surface area (Å²) >= 11 is 0. The summed E-state index contributed by atoms with van der Waals surface area (Å²) in [6.45, 7) is 1.77. The Morgan fingerprint density at radius 1 is 1.71 bits per heavy atom. The fourth-order valence-electron chi connectivity index (χ4n) is 0.259. The van der Waals surface area contributed by atoms with Crippen LogP contribution in [0.1, 0.15) is 13.3 Å². The minimum atomic E-state index is -0.912. The maximum absolute atomic E-state index is 12.0. The molecule has 0 spiro atoms. The Morgan fingerprint density at radius 3 is 2.43 bits per heavy atom. The van der Waals surface area contributed by atoms with Gasteiger partial charge in [-0.15, -0.1) is 0 Å². The molecule has 2 nitrogen and oxygen atoms in total. The number of hydrazine groups is 1. The van der Waals surface area contributed by atoms with Crippen LogP contribution in [0.15, 0.2) is 0 Å². The number of alkyl halides is 1. The molecule has 0 aromatic rings. The number of nitrogens with one attached hydrogen (secondary N) is 2. The first-order valence-corrected chi connectivity index (χ1v) is 2.37. The van der Waals surface area contributed by atoms with Crippen LogP contribution in [0.5, 0.6) is 0 Å². The zero-order valence-electron chi connectivity index (χ0n) is 4.66. The first-order valence-electron chi connectivity index (χ1n) is 2.37. The van der Waals surface area contributed by atoms with Crippen LogP contribution in [0.2, 0.25) is 0 Å². The molecule has 0 rings (SSSR count). The molecule has 0 fully saturated rings. The van der Waals surface area contributed by atoms with Crippen LogP contribution in [0, 0.1) is 0 Å². The summed E-state index contributed by atoms with van der Waals surface area (Å²) in [5.74, 6) is 0. The highest BCUT2D eigenvalue weighted by atomic mass is 19.1. The smallest absolute Gasteiger partial charge is 0.163 e. The topological polar surface area (TPSA) is 24.1 Å². The summed E-state index contributed by atoms with van der Waals surface area (Å²) in [6.07, 6.45) is -0.411. The fourth-order valence-corrected chi connectivity index (χ4v) is 0.259. The second-order valence-corrected chi connectivity index (χ2v) is 1.27. The van der Waals surface area contributed by atoms with Gasteiger partial charge in [0.1, 0.15) is 0 Å². The molecule has 0 aliphatic heterocycles. The molecule has 0 bridgehead atoms. The van der Waals surface area contributed by atoms with E-state index in [0.29, 0.717) is 6.42 Å². The Labute approximate surface area is 43.1 Å².